The lowest BCUT2D eigenvalue weighted by Crippen LogP contribution is -2.56. The largest absolute Gasteiger partial charge is 0.394 e. The molecule has 0 aromatic carbocycles. The number of aliphatic hydroxyl groups excluding tert-OH is 3. The smallest absolute Gasteiger partial charge is 0.217 e. The Morgan fingerprint density at radius 2 is 2.00 bits per heavy atom. The quantitative estimate of drug-likeness (QED) is 0.382. The van der Waals surface area contributed by atoms with Gasteiger partial charge >= 0.3 is 0 Å². The molecular formula is C11H19NO7. The van der Waals surface area contributed by atoms with Crippen molar-refractivity contribution >= 4 is 11.7 Å². The Morgan fingerprint density at radius 3 is 2.58 bits per heavy atom. The number of nitrogens with two attached hydrogens (primary N) is 1. The topological polar surface area (TPSA) is 139 Å². The molecule has 1 aliphatic rings. The van der Waals surface area contributed by atoms with E-state index in [4.69, 9.17) is 20.3 Å². The van der Waals surface area contributed by atoms with Gasteiger partial charge < -0.3 is 30.5 Å². The summed E-state index contributed by atoms with van der Waals surface area (Å²) in [6, 6.07) is 0. The van der Waals surface area contributed by atoms with Crippen molar-refractivity contribution in [3.8, 4) is 0 Å². The molecule has 0 aromatic rings. The van der Waals surface area contributed by atoms with E-state index in [2.05, 4.69) is 0 Å². The molecule has 8 nitrogen and oxygen atoms in total. The molecule has 1 amide bonds. The van der Waals surface area contributed by atoms with Crippen LogP contribution < -0.4 is 5.73 Å². The van der Waals surface area contributed by atoms with Gasteiger partial charge in [0.15, 0.2) is 18.2 Å². The van der Waals surface area contributed by atoms with Gasteiger partial charge in [0.1, 0.15) is 12.2 Å². The molecule has 0 bridgehead atoms. The van der Waals surface area contributed by atoms with Crippen LogP contribution in [0.3, 0.4) is 0 Å². The Kier molecular flexibility index (Phi) is 6.32. The Balaban J connectivity index is 2.36. The maximum absolute atomic E-state index is 11.5. The SMILES string of the molecule is NC(=O)CCCCOC1OC(CO)C(O)C(=O)C1O. The number of ether oxygens (including phenoxy) is 2. The van der Waals surface area contributed by atoms with Gasteiger partial charge in [0.25, 0.3) is 0 Å². The third-order valence-electron chi connectivity index (χ3n) is 2.78. The third-order valence-corrected chi connectivity index (χ3v) is 2.78. The predicted octanol–water partition coefficient (Wildman–Crippen LogP) is -2.33. The summed E-state index contributed by atoms with van der Waals surface area (Å²) in [5.41, 5.74) is 4.96. The van der Waals surface area contributed by atoms with E-state index in [9.17, 15) is 19.8 Å². The Bertz CT molecular complexity index is 322. The van der Waals surface area contributed by atoms with Crippen LogP contribution in [0.15, 0.2) is 0 Å². The van der Waals surface area contributed by atoms with E-state index in [-0.39, 0.29) is 13.0 Å². The first kappa shape index (κ1) is 16.0. The molecule has 0 aromatic heterocycles. The van der Waals surface area contributed by atoms with Gasteiger partial charge in [-0.1, -0.05) is 0 Å². The molecule has 4 unspecified atom stereocenters. The number of amides is 1. The van der Waals surface area contributed by atoms with Gasteiger partial charge in [0, 0.05) is 13.0 Å². The maximum atomic E-state index is 11.5. The van der Waals surface area contributed by atoms with Crippen LogP contribution >= 0.6 is 0 Å². The van der Waals surface area contributed by atoms with Crippen molar-refractivity contribution in [3.63, 3.8) is 0 Å². The van der Waals surface area contributed by atoms with Crippen LogP contribution in [0.2, 0.25) is 0 Å². The molecule has 110 valence electrons. The van der Waals surface area contributed by atoms with Crippen LogP contribution in [-0.4, -0.2) is 64.8 Å². The number of rotatable bonds is 7. The molecule has 19 heavy (non-hydrogen) atoms. The molecule has 1 heterocycles. The maximum Gasteiger partial charge on any atom is 0.217 e. The van der Waals surface area contributed by atoms with Gasteiger partial charge in [-0.3, -0.25) is 9.59 Å². The fourth-order valence-electron chi connectivity index (χ4n) is 1.69. The lowest BCUT2D eigenvalue weighted by atomic mass is 10.0. The Morgan fingerprint density at radius 1 is 1.32 bits per heavy atom. The first-order valence-corrected chi connectivity index (χ1v) is 6.03. The van der Waals surface area contributed by atoms with Crippen LogP contribution in [0.25, 0.3) is 0 Å². The lowest BCUT2D eigenvalue weighted by Gasteiger charge is -2.34. The summed E-state index contributed by atoms with van der Waals surface area (Å²) in [5.74, 6) is -1.25. The summed E-state index contributed by atoms with van der Waals surface area (Å²) in [7, 11) is 0. The summed E-state index contributed by atoms with van der Waals surface area (Å²) >= 11 is 0. The highest BCUT2D eigenvalue weighted by Crippen LogP contribution is 2.18. The van der Waals surface area contributed by atoms with E-state index in [1.54, 1.807) is 0 Å². The predicted molar refractivity (Wildman–Crippen MR) is 61.8 cm³/mol. The molecule has 4 atom stereocenters. The molecule has 0 spiro atoms. The third kappa shape index (κ3) is 4.51. The number of unbranched alkanes of at least 4 members (excludes halogenated alkanes) is 1. The van der Waals surface area contributed by atoms with E-state index in [0.717, 1.165) is 0 Å². The summed E-state index contributed by atoms with van der Waals surface area (Å²) < 4.78 is 10.2. The van der Waals surface area contributed by atoms with E-state index < -0.39 is 42.9 Å². The molecule has 1 saturated heterocycles. The minimum Gasteiger partial charge on any atom is -0.394 e. The molecule has 8 heteroatoms. The fourth-order valence-corrected chi connectivity index (χ4v) is 1.69. The molecule has 1 rings (SSSR count). The highest BCUT2D eigenvalue weighted by molar-refractivity contribution is 5.88. The highest BCUT2D eigenvalue weighted by atomic mass is 16.7. The second-order valence-electron chi connectivity index (χ2n) is 4.31. The van der Waals surface area contributed by atoms with E-state index >= 15 is 0 Å². The van der Waals surface area contributed by atoms with Gasteiger partial charge in [-0.25, -0.2) is 0 Å². The van der Waals surface area contributed by atoms with Crippen molar-refractivity contribution in [3.05, 3.63) is 0 Å². The molecule has 0 radical (unpaired) electrons. The Labute approximate surface area is 110 Å². The van der Waals surface area contributed by atoms with Crippen LogP contribution in [0.4, 0.5) is 0 Å². The van der Waals surface area contributed by atoms with E-state index in [1.165, 1.54) is 0 Å². The van der Waals surface area contributed by atoms with Crippen LogP contribution in [0.1, 0.15) is 19.3 Å². The number of carbonyl (C=O) groups is 2. The standard InChI is InChI=1S/C11H19NO7/c12-7(14)3-1-2-4-18-11-10(17)9(16)8(15)6(5-13)19-11/h6,8,10-11,13,15,17H,1-5H2,(H2,12,14). The number of aliphatic hydroxyl groups is 3. The average Bonchev–Trinajstić information content (AvgIpc) is 2.37. The summed E-state index contributed by atoms with van der Waals surface area (Å²) in [5, 5.41) is 27.9. The normalized spacial score (nSPS) is 31.4. The minimum atomic E-state index is -1.59. The molecular weight excluding hydrogens is 258 g/mol. The zero-order valence-corrected chi connectivity index (χ0v) is 10.4. The number of ketones is 1. The number of carbonyl (C=O) groups excluding carboxylic acids is 2. The highest BCUT2D eigenvalue weighted by Gasteiger charge is 2.43. The van der Waals surface area contributed by atoms with Crippen molar-refractivity contribution < 1.29 is 34.4 Å². The molecule has 1 fully saturated rings. The second-order valence-corrected chi connectivity index (χ2v) is 4.31. The van der Waals surface area contributed by atoms with Crippen molar-refractivity contribution in [2.45, 2.75) is 43.9 Å². The van der Waals surface area contributed by atoms with Crippen LogP contribution in [-0.2, 0) is 19.1 Å². The zero-order chi connectivity index (χ0) is 14.4. The number of hydrogen-bond acceptors (Lipinski definition) is 7. The van der Waals surface area contributed by atoms with Gasteiger partial charge in [0.05, 0.1) is 6.61 Å². The van der Waals surface area contributed by atoms with Crippen LogP contribution in [0.5, 0.6) is 0 Å². The van der Waals surface area contributed by atoms with E-state index in [1.807, 2.05) is 0 Å². The molecule has 0 saturated carbocycles. The molecule has 0 aliphatic carbocycles. The van der Waals surface area contributed by atoms with Gasteiger partial charge in [0.2, 0.25) is 5.91 Å². The molecule has 1 aliphatic heterocycles. The monoisotopic (exact) mass is 277 g/mol. The summed E-state index contributed by atoms with van der Waals surface area (Å²) in [4.78, 5) is 21.9. The van der Waals surface area contributed by atoms with Gasteiger partial charge in [-0.15, -0.1) is 0 Å². The zero-order valence-electron chi connectivity index (χ0n) is 10.4. The first-order valence-electron chi connectivity index (χ1n) is 6.03. The van der Waals surface area contributed by atoms with Gasteiger partial charge in [-0.05, 0) is 12.8 Å². The average molecular weight is 277 g/mol. The van der Waals surface area contributed by atoms with Crippen molar-refractivity contribution in [2.24, 2.45) is 5.73 Å². The number of Topliss-reactive ketones (excluding diaryl/α,β-unsaturated/α-hetero) is 1. The first-order chi connectivity index (χ1) is 8.97. The minimum absolute atomic E-state index is 0.163. The number of hydrogen-bond donors (Lipinski definition) is 4. The van der Waals surface area contributed by atoms with Crippen LogP contribution in [0, 0.1) is 0 Å². The molecule has 5 N–H and O–H groups in total. The lowest BCUT2D eigenvalue weighted by molar-refractivity contribution is -0.255. The van der Waals surface area contributed by atoms with Crippen molar-refractivity contribution in [1.29, 1.82) is 0 Å². The Hall–Kier alpha value is -1.06. The van der Waals surface area contributed by atoms with Crippen molar-refractivity contribution in [1.82, 2.24) is 0 Å². The van der Waals surface area contributed by atoms with Crippen molar-refractivity contribution in [2.75, 3.05) is 13.2 Å². The summed E-state index contributed by atoms with van der Waals surface area (Å²) in [6.45, 7) is -0.391. The van der Waals surface area contributed by atoms with Gasteiger partial charge in [-0.2, -0.15) is 0 Å². The fraction of sp³-hybridized carbons (Fsp3) is 0.818. The van der Waals surface area contributed by atoms with E-state index in [0.29, 0.717) is 12.8 Å². The number of primary amides is 1. The summed E-state index contributed by atoms with van der Waals surface area (Å²) in [6.07, 6.45) is -4.21. The second kappa shape index (κ2) is 7.51.